The van der Waals surface area contributed by atoms with Crippen LogP contribution in [0, 0.1) is 10.1 Å². The smallest absolute Gasteiger partial charge is 0.263 e. The Bertz CT molecular complexity index is 296. The molecule has 1 aromatic rings. The minimum atomic E-state index is -1.13. The molecule has 1 aromatic carbocycles. The molecule has 62 valence electrons. The van der Waals surface area contributed by atoms with Gasteiger partial charge in [-0.25, -0.2) is 4.84 Å². The van der Waals surface area contributed by atoms with Crippen molar-refractivity contribution in [3.05, 3.63) is 46.0 Å². The number of rotatable bonds is 2. The number of carbonyl (C=O) groups excluding carboxylic acids is 1. The van der Waals surface area contributed by atoms with E-state index in [-0.39, 0.29) is 5.56 Å². The van der Waals surface area contributed by atoms with E-state index in [1.54, 1.807) is 18.2 Å². The summed E-state index contributed by atoms with van der Waals surface area (Å²) in [4.78, 5) is 24.3. The van der Waals surface area contributed by atoms with E-state index in [2.05, 4.69) is 4.84 Å². The first-order chi connectivity index (χ1) is 5.70. The second-order valence-corrected chi connectivity index (χ2v) is 1.97. The average Bonchev–Trinajstić information content (AvgIpc) is 2.05. The summed E-state index contributed by atoms with van der Waals surface area (Å²) in [5.74, 6) is -0.958. The summed E-state index contributed by atoms with van der Waals surface area (Å²) in [5, 5.41) is 8.62. The van der Waals surface area contributed by atoms with E-state index in [0.717, 1.165) is 0 Å². The maximum Gasteiger partial charge on any atom is 0.334 e. The maximum atomic E-state index is 10.8. The van der Waals surface area contributed by atoms with Gasteiger partial charge in [-0.15, -0.1) is 10.1 Å². The fraction of sp³-hybridized carbons (Fsp3) is 0. The molecule has 0 atom stereocenters. The van der Waals surface area contributed by atoms with Gasteiger partial charge in [0.1, 0.15) is 0 Å². The van der Waals surface area contributed by atoms with Gasteiger partial charge >= 0.3 is 11.1 Å². The average molecular weight is 167 g/mol. The Kier molecular flexibility index (Phi) is 2.37. The van der Waals surface area contributed by atoms with Crippen molar-refractivity contribution in [2.75, 3.05) is 0 Å². The summed E-state index contributed by atoms with van der Waals surface area (Å²) in [6.45, 7) is 0. The monoisotopic (exact) mass is 167 g/mol. The standard InChI is InChI=1S/C7H5NO4/c9-7(12-8(10)11)6-4-2-1-3-5-6/h1-5H. The Labute approximate surface area is 67.7 Å². The SMILES string of the molecule is O=C(O[N+](=O)[O-])c1ccccc1. The molecule has 1 rings (SSSR count). The van der Waals surface area contributed by atoms with Gasteiger partial charge in [0.05, 0.1) is 0 Å². The fourth-order valence-electron chi connectivity index (χ4n) is 0.695. The molecule has 5 nitrogen and oxygen atoms in total. The molecule has 0 aliphatic carbocycles. The van der Waals surface area contributed by atoms with Crippen molar-refractivity contribution in [3.8, 4) is 0 Å². The predicted molar refractivity (Wildman–Crippen MR) is 38.9 cm³/mol. The predicted octanol–water partition coefficient (Wildman–Crippen LogP) is 1.04. The lowest BCUT2D eigenvalue weighted by atomic mass is 10.2. The lowest BCUT2D eigenvalue weighted by molar-refractivity contribution is -0.727. The Morgan fingerprint density at radius 2 is 1.92 bits per heavy atom. The van der Waals surface area contributed by atoms with Crippen LogP contribution in [-0.2, 0) is 4.84 Å². The van der Waals surface area contributed by atoms with Gasteiger partial charge in [-0.2, -0.15) is 0 Å². The van der Waals surface area contributed by atoms with Crippen molar-refractivity contribution in [2.45, 2.75) is 0 Å². The highest BCUT2D eigenvalue weighted by atomic mass is 17.0. The molecule has 0 spiro atoms. The lowest BCUT2D eigenvalue weighted by Crippen LogP contribution is -2.09. The molecule has 0 saturated heterocycles. The molecule has 0 heterocycles. The molecule has 0 aliphatic rings. The van der Waals surface area contributed by atoms with Crippen LogP contribution < -0.4 is 0 Å². The van der Waals surface area contributed by atoms with E-state index in [0.29, 0.717) is 0 Å². The van der Waals surface area contributed by atoms with Gasteiger partial charge in [-0.05, 0) is 12.1 Å². The molecule has 0 saturated carbocycles. The largest absolute Gasteiger partial charge is 0.334 e. The zero-order valence-electron chi connectivity index (χ0n) is 5.97. The number of benzene rings is 1. The van der Waals surface area contributed by atoms with E-state index in [1.165, 1.54) is 12.1 Å². The first-order valence-electron chi connectivity index (χ1n) is 3.12. The van der Waals surface area contributed by atoms with Crippen molar-refractivity contribution in [1.29, 1.82) is 0 Å². The molecule has 0 bridgehead atoms. The van der Waals surface area contributed by atoms with Crippen molar-refractivity contribution in [1.82, 2.24) is 0 Å². The van der Waals surface area contributed by atoms with Crippen LogP contribution in [0.3, 0.4) is 0 Å². The zero-order chi connectivity index (χ0) is 8.97. The fourth-order valence-corrected chi connectivity index (χ4v) is 0.695. The van der Waals surface area contributed by atoms with Crippen LogP contribution in [0.2, 0.25) is 0 Å². The quantitative estimate of drug-likeness (QED) is 0.487. The summed E-state index contributed by atoms with van der Waals surface area (Å²) in [6, 6.07) is 7.76. The van der Waals surface area contributed by atoms with E-state index in [1.807, 2.05) is 0 Å². The molecule has 0 fully saturated rings. The van der Waals surface area contributed by atoms with Gasteiger partial charge in [-0.1, -0.05) is 18.2 Å². The van der Waals surface area contributed by atoms with Gasteiger partial charge in [0, 0.05) is 5.56 Å². The van der Waals surface area contributed by atoms with E-state index >= 15 is 0 Å². The minimum absolute atomic E-state index is 0.161. The van der Waals surface area contributed by atoms with Crippen LogP contribution in [0.25, 0.3) is 0 Å². The molecule has 12 heavy (non-hydrogen) atoms. The molecule has 0 radical (unpaired) electrons. The van der Waals surface area contributed by atoms with Gasteiger partial charge in [-0.3, -0.25) is 4.79 Å². The van der Waals surface area contributed by atoms with Gasteiger partial charge in [0.15, 0.2) is 0 Å². The van der Waals surface area contributed by atoms with Crippen molar-refractivity contribution in [2.24, 2.45) is 0 Å². The number of hydrogen-bond acceptors (Lipinski definition) is 4. The lowest BCUT2D eigenvalue weighted by Gasteiger charge is -1.95. The second-order valence-electron chi connectivity index (χ2n) is 1.97. The minimum Gasteiger partial charge on any atom is -0.263 e. The topological polar surface area (TPSA) is 69.4 Å². The summed E-state index contributed by atoms with van der Waals surface area (Å²) in [6.07, 6.45) is 0. The Balaban J connectivity index is 2.73. The highest BCUT2D eigenvalue weighted by Gasteiger charge is 2.08. The van der Waals surface area contributed by atoms with Crippen LogP contribution in [0.15, 0.2) is 30.3 Å². The highest BCUT2D eigenvalue weighted by Crippen LogP contribution is 2.00. The third-order valence-electron chi connectivity index (χ3n) is 1.17. The van der Waals surface area contributed by atoms with Crippen LogP contribution in [-0.4, -0.2) is 11.1 Å². The molecule has 0 unspecified atom stereocenters. The first kappa shape index (κ1) is 8.19. The molecule has 0 aromatic heterocycles. The second kappa shape index (κ2) is 3.47. The number of nitrogens with zero attached hydrogens (tertiary/aromatic N) is 1. The van der Waals surface area contributed by atoms with Gasteiger partial charge < -0.3 is 0 Å². The van der Waals surface area contributed by atoms with Gasteiger partial charge in [0.2, 0.25) is 0 Å². The summed E-state index contributed by atoms with van der Waals surface area (Å²) in [7, 11) is 0. The first-order valence-corrected chi connectivity index (χ1v) is 3.12. The van der Waals surface area contributed by atoms with E-state index in [4.69, 9.17) is 0 Å². The van der Waals surface area contributed by atoms with Crippen LogP contribution in [0.1, 0.15) is 10.4 Å². The summed E-state index contributed by atoms with van der Waals surface area (Å²) < 4.78 is 0. The van der Waals surface area contributed by atoms with Crippen molar-refractivity contribution >= 4 is 5.97 Å². The summed E-state index contributed by atoms with van der Waals surface area (Å²) >= 11 is 0. The third kappa shape index (κ3) is 2.05. The molecular weight excluding hydrogens is 162 g/mol. The Morgan fingerprint density at radius 3 is 2.42 bits per heavy atom. The van der Waals surface area contributed by atoms with E-state index in [9.17, 15) is 14.9 Å². The van der Waals surface area contributed by atoms with E-state index < -0.39 is 11.1 Å². The van der Waals surface area contributed by atoms with Crippen LogP contribution in [0.4, 0.5) is 0 Å². The third-order valence-corrected chi connectivity index (χ3v) is 1.17. The van der Waals surface area contributed by atoms with Gasteiger partial charge in [0.25, 0.3) is 0 Å². The number of carbonyl (C=O) groups is 1. The molecule has 0 N–H and O–H groups in total. The molecule has 5 heteroatoms. The Morgan fingerprint density at radius 1 is 1.33 bits per heavy atom. The van der Waals surface area contributed by atoms with Crippen molar-refractivity contribution < 1.29 is 14.7 Å². The molecular formula is C7H5NO4. The normalized spacial score (nSPS) is 9.00. The Hall–Kier alpha value is -1.91. The highest BCUT2D eigenvalue weighted by molar-refractivity contribution is 5.88. The van der Waals surface area contributed by atoms with Crippen molar-refractivity contribution in [3.63, 3.8) is 0 Å². The van der Waals surface area contributed by atoms with Crippen LogP contribution >= 0.6 is 0 Å². The van der Waals surface area contributed by atoms with Crippen LogP contribution in [0.5, 0.6) is 0 Å². The molecule has 0 amide bonds. The zero-order valence-corrected chi connectivity index (χ0v) is 5.97. The maximum absolute atomic E-state index is 10.8. The molecule has 0 aliphatic heterocycles. The summed E-state index contributed by atoms with van der Waals surface area (Å²) in [5.41, 5.74) is 0.161. The number of hydrogen-bond donors (Lipinski definition) is 0.